The minimum atomic E-state index is -4.26. The van der Waals surface area contributed by atoms with Crippen LogP contribution in [0.1, 0.15) is 31.7 Å². The van der Waals surface area contributed by atoms with Gasteiger partial charge in [-0.3, -0.25) is 9.42 Å². The summed E-state index contributed by atoms with van der Waals surface area (Å²) in [6, 6.07) is 7.05. The van der Waals surface area contributed by atoms with Crippen molar-refractivity contribution in [3.8, 4) is 5.75 Å². The van der Waals surface area contributed by atoms with Crippen molar-refractivity contribution in [3.63, 3.8) is 0 Å². The van der Waals surface area contributed by atoms with E-state index in [1.807, 2.05) is 27.7 Å². The third kappa shape index (κ3) is 8.82. The number of hydrogen-bond acceptors (Lipinski definition) is 6. The molecule has 0 spiro atoms. The molecule has 1 aromatic heterocycles. The van der Waals surface area contributed by atoms with Crippen LogP contribution in [0.4, 0.5) is 0 Å². The van der Waals surface area contributed by atoms with E-state index < -0.39 is 13.9 Å². The molecule has 0 saturated heterocycles. The highest BCUT2D eigenvalue weighted by atomic mass is 32.1. The van der Waals surface area contributed by atoms with E-state index in [1.165, 1.54) is 7.11 Å². The highest BCUT2D eigenvalue weighted by Crippen LogP contribution is 2.44. The van der Waals surface area contributed by atoms with Crippen molar-refractivity contribution in [2.24, 2.45) is 0 Å². The van der Waals surface area contributed by atoms with Crippen LogP contribution in [0.2, 0.25) is 0 Å². The topological polar surface area (TPSA) is 78.1 Å². The molecule has 2 unspecified atom stereocenters. The molecule has 0 radical (unpaired) electrons. The van der Waals surface area contributed by atoms with Gasteiger partial charge in [0.1, 0.15) is 11.9 Å². The van der Waals surface area contributed by atoms with Crippen LogP contribution in [0, 0.1) is 0 Å². The summed E-state index contributed by atoms with van der Waals surface area (Å²) in [5, 5.41) is 1.98. The monoisotopic (exact) mass is 430 g/mol. The molecule has 2 aromatic rings. The van der Waals surface area contributed by atoms with E-state index in [9.17, 15) is 9.46 Å². The van der Waals surface area contributed by atoms with Gasteiger partial charge in [-0.1, -0.05) is 43.2 Å². The maximum Gasteiger partial charge on any atom is 0.527 e. The summed E-state index contributed by atoms with van der Waals surface area (Å²) in [7, 11) is -2.75. The molecular formula is C19H29NO6PS+. The number of benzene rings is 1. The number of nitrogens with zero attached hydrogens (tertiary/aromatic N) is 1. The van der Waals surface area contributed by atoms with Crippen molar-refractivity contribution in [2.75, 3.05) is 26.9 Å². The lowest BCUT2D eigenvalue weighted by Crippen LogP contribution is -2.30. The molecular weight excluding hydrogens is 401 g/mol. The fraction of sp³-hybridized carbons (Fsp3) is 0.526. The molecule has 0 aliphatic heterocycles. The third-order valence-corrected chi connectivity index (χ3v) is 5.55. The number of phosphoric ester groups is 1. The van der Waals surface area contributed by atoms with Crippen molar-refractivity contribution in [3.05, 3.63) is 46.9 Å². The van der Waals surface area contributed by atoms with Gasteiger partial charge in [0.05, 0.1) is 18.6 Å². The van der Waals surface area contributed by atoms with Gasteiger partial charge in [-0.2, -0.15) is 4.57 Å². The molecule has 28 heavy (non-hydrogen) atoms. The van der Waals surface area contributed by atoms with Crippen LogP contribution in [0.25, 0.3) is 0 Å². The SMILES string of the molecule is CCCCCOCC(COP(=O)(O)Oc1cccc(C[n+]2ccsc2)c1)OC. The third-order valence-electron chi connectivity index (χ3n) is 3.96. The largest absolute Gasteiger partial charge is 0.527 e. The average Bonchev–Trinajstić information content (AvgIpc) is 3.17. The molecule has 1 heterocycles. The summed E-state index contributed by atoms with van der Waals surface area (Å²) in [5.74, 6) is 0.281. The summed E-state index contributed by atoms with van der Waals surface area (Å²) in [6.07, 6.45) is 4.74. The number of rotatable bonds is 14. The van der Waals surface area contributed by atoms with E-state index in [-0.39, 0.29) is 12.4 Å². The Kier molecular flexibility index (Phi) is 10.1. The minimum Gasteiger partial charge on any atom is -0.404 e. The fourth-order valence-corrected chi connectivity index (χ4v) is 3.84. The maximum atomic E-state index is 12.3. The molecule has 2 rings (SSSR count). The van der Waals surface area contributed by atoms with E-state index in [0.717, 1.165) is 24.8 Å². The van der Waals surface area contributed by atoms with Gasteiger partial charge in [-0.25, -0.2) is 4.57 Å². The lowest BCUT2D eigenvalue weighted by atomic mass is 10.2. The van der Waals surface area contributed by atoms with E-state index in [4.69, 9.17) is 18.5 Å². The quantitative estimate of drug-likeness (QED) is 0.279. The van der Waals surface area contributed by atoms with Crippen molar-refractivity contribution in [2.45, 2.75) is 38.8 Å². The first-order valence-electron chi connectivity index (χ1n) is 9.30. The Hall–Kier alpha value is -1.28. The van der Waals surface area contributed by atoms with E-state index in [0.29, 0.717) is 19.8 Å². The molecule has 1 N–H and O–H groups in total. The molecule has 9 heteroatoms. The van der Waals surface area contributed by atoms with Crippen LogP contribution in [-0.2, 0) is 25.1 Å². The van der Waals surface area contributed by atoms with Crippen LogP contribution in [0.5, 0.6) is 5.75 Å². The number of aromatic nitrogens is 1. The van der Waals surface area contributed by atoms with Gasteiger partial charge >= 0.3 is 7.82 Å². The maximum absolute atomic E-state index is 12.3. The van der Waals surface area contributed by atoms with Crippen LogP contribution in [0.3, 0.4) is 0 Å². The van der Waals surface area contributed by atoms with Crippen LogP contribution in [0.15, 0.2) is 41.4 Å². The van der Waals surface area contributed by atoms with Crippen molar-refractivity contribution in [1.29, 1.82) is 0 Å². The predicted molar refractivity (Wildman–Crippen MR) is 108 cm³/mol. The Bertz CT molecular complexity index is 727. The van der Waals surface area contributed by atoms with E-state index in [1.54, 1.807) is 29.5 Å². The number of methoxy groups -OCH3 is 1. The van der Waals surface area contributed by atoms with Gasteiger partial charge in [-0.05, 0) is 18.6 Å². The Morgan fingerprint density at radius 2 is 2.14 bits per heavy atom. The van der Waals surface area contributed by atoms with Crippen LogP contribution >= 0.6 is 19.2 Å². The summed E-state index contributed by atoms with van der Waals surface area (Å²) in [6.45, 7) is 3.62. The first-order chi connectivity index (χ1) is 13.5. The molecule has 0 amide bonds. The zero-order valence-electron chi connectivity index (χ0n) is 16.4. The lowest BCUT2D eigenvalue weighted by Gasteiger charge is -2.18. The number of phosphoric acid groups is 1. The highest BCUT2D eigenvalue weighted by Gasteiger charge is 2.25. The van der Waals surface area contributed by atoms with Gasteiger partial charge in [-0.15, -0.1) is 0 Å². The molecule has 0 bridgehead atoms. The Balaban J connectivity index is 1.81. The Labute approximate surface area is 170 Å². The molecule has 0 fully saturated rings. The fourth-order valence-electron chi connectivity index (χ4n) is 2.45. The summed E-state index contributed by atoms with van der Waals surface area (Å²) in [4.78, 5) is 10.0. The molecule has 156 valence electrons. The van der Waals surface area contributed by atoms with Gasteiger partial charge in [0.2, 0.25) is 5.51 Å². The normalized spacial score (nSPS) is 14.5. The second-order valence-corrected chi connectivity index (χ2v) is 8.47. The highest BCUT2D eigenvalue weighted by molar-refractivity contribution is 7.47. The second kappa shape index (κ2) is 12.3. The predicted octanol–water partition coefficient (Wildman–Crippen LogP) is 3.80. The first kappa shape index (κ1) is 23.0. The van der Waals surface area contributed by atoms with Gasteiger partial charge in [0.15, 0.2) is 12.7 Å². The number of ether oxygens (including phenoxy) is 2. The Morgan fingerprint density at radius 1 is 1.29 bits per heavy atom. The zero-order valence-corrected chi connectivity index (χ0v) is 18.1. The Morgan fingerprint density at radius 3 is 2.86 bits per heavy atom. The van der Waals surface area contributed by atoms with Gasteiger partial charge < -0.3 is 14.0 Å². The summed E-state index contributed by atoms with van der Waals surface area (Å²) < 4.78 is 35.3. The number of hydrogen-bond donors (Lipinski definition) is 1. The number of thiazole rings is 1. The van der Waals surface area contributed by atoms with Crippen LogP contribution < -0.4 is 9.09 Å². The van der Waals surface area contributed by atoms with Crippen molar-refractivity contribution >= 4 is 19.2 Å². The second-order valence-electron chi connectivity index (χ2n) is 6.34. The van der Waals surface area contributed by atoms with Gasteiger partial charge in [0.25, 0.3) is 0 Å². The first-order valence-corrected chi connectivity index (χ1v) is 11.7. The molecule has 2 atom stereocenters. The van der Waals surface area contributed by atoms with Crippen molar-refractivity contribution < 1.29 is 32.5 Å². The molecule has 7 nitrogen and oxygen atoms in total. The molecule has 1 aromatic carbocycles. The van der Waals surface area contributed by atoms with Crippen molar-refractivity contribution in [1.82, 2.24) is 0 Å². The summed E-state index contributed by atoms with van der Waals surface area (Å²) >= 11 is 1.60. The van der Waals surface area contributed by atoms with Gasteiger partial charge in [0, 0.05) is 19.3 Å². The summed E-state index contributed by atoms with van der Waals surface area (Å²) in [5.41, 5.74) is 2.94. The minimum absolute atomic E-state index is 0.0947. The molecule has 0 saturated carbocycles. The number of unbranched alkanes of at least 4 members (excludes halogenated alkanes) is 2. The standard InChI is InChI=1S/C19H28NO6PS/c1-3-4-5-10-24-14-19(23-2)15-25-27(21,22)26-18-8-6-7-17(12-18)13-20-9-11-28-16-20/h6-9,11-12,16,19H,3-5,10,13-15H2,1-2H3/p+1. The zero-order chi connectivity index (χ0) is 20.2. The lowest BCUT2D eigenvalue weighted by molar-refractivity contribution is -0.683. The molecule has 0 aliphatic rings. The van der Waals surface area contributed by atoms with E-state index in [2.05, 4.69) is 6.92 Å². The average molecular weight is 430 g/mol. The van der Waals surface area contributed by atoms with E-state index >= 15 is 0 Å². The molecule has 0 aliphatic carbocycles. The van der Waals surface area contributed by atoms with Crippen LogP contribution in [-0.4, -0.2) is 37.9 Å². The smallest absolute Gasteiger partial charge is 0.404 e.